The van der Waals surface area contributed by atoms with Crippen LogP contribution in [0.15, 0.2) is 18.2 Å². The molecule has 1 aromatic carbocycles. The number of halogens is 1. The van der Waals surface area contributed by atoms with E-state index in [4.69, 9.17) is 5.73 Å². The van der Waals surface area contributed by atoms with Gasteiger partial charge in [-0.15, -0.1) is 0 Å². The molecule has 0 heterocycles. The molecule has 92 valence electrons. The first-order valence-corrected chi connectivity index (χ1v) is 5.97. The molecule has 1 amide bonds. The lowest BCUT2D eigenvalue weighted by molar-refractivity contribution is 0.0949. The van der Waals surface area contributed by atoms with Gasteiger partial charge in [0.25, 0.3) is 5.91 Å². The molecule has 3 nitrogen and oxygen atoms in total. The van der Waals surface area contributed by atoms with Gasteiger partial charge in [-0.3, -0.25) is 4.79 Å². The Labute approximate surface area is 100 Å². The van der Waals surface area contributed by atoms with E-state index in [0.717, 1.165) is 19.3 Å². The maximum absolute atomic E-state index is 12.9. The average Bonchev–Trinajstić information content (AvgIpc) is 3.01. The second-order valence-electron chi connectivity index (χ2n) is 4.60. The van der Waals surface area contributed by atoms with Crippen molar-refractivity contribution >= 4 is 11.6 Å². The highest BCUT2D eigenvalue weighted by molar-refractivity contribution is 5.95. The zero-order valence-corrected chi connectivity index (χ0v) is 9.87. The van der Waals surface area contributed by atoms with E-state index in [1.54, 1.807) is 0 Å². The molecule has 3 N–H and O–H groups in total. The number of nitrogens with one attached hydrogen (secondary N) is 1. The molecule has 2 rings (SSSR count). The molecule has 1 saturated carbocycles. The van der Waals surface area contributed by atoms with E-state index in [1.165, 1.54) is 18.2 Å². The van der Waals surface area contributed by atoms with Gasteiger partial charge in [0, 0.05) is 11.6 Å². The third-order valence-corrected chi connectivity index (χ3v) is 3.16. The Bertz CT molecular complexity index is 433. The predicted molar refractivity (Wildman–Crippen MR) is 65.1 cm³/mol. The number of rotatable bonds is 4. The Hall–Kier alpha value is -1.58. The van der Waals surface area contributed by atoms with Crippen molar-refractivity contribution in [2.45, 2.75) is 32.2 Å². The van der Waals surface area contributed by atoms with Gasteiger partial charge < -0.3 is 11.1 Å². The summed E-state index contributed by atoms with van der Waals surface area (Å²) in [6.07, 6.45) is 3.34. The van der Waals surface area contributed by atoms with Gasteiger partial charge in [0.1, 0.15) is 5.82 Å². The summed E-state index contributed by atoms with van der Waals surface area (Å²) in [5.74, 6) is -0.0427. The highest BCUT2D eigenvalue weighted by Gasteiger charge is 2.37. The lowest BCUT2D eigenvalue weighted by atomic mass is 10.2. The first kappa shape index (κ1) is 11.9. The average molecular weight is 236 g/mol. The molecule has 4 heteroatoms. The van der Waals surface area contributed by atoms with Gasteiger partial charge in [-0.25, -0.2) is 4.39 Å². The van der Waals surface area contributed by atoms with Crippen LogP contribution in [0.2, 0.25) is 0 Å². The maximum atomic E-state index is 12.9. The normalized spacial score (nSPS) is 22.2. The highest BCUT2D eigenvalue weighted by atomic mass is 19.1. The van der Waals surface area contributed by atoms with Gasteiger partial charge in [-0.05, 0) is 37.0 Å². The quantitative estimate of drug-likeness (QED) is 0.788. The molecule has 1 aromatic rings. The van der Waals surface area contributed by atoms with Crippen molar-refractivity contribution in [3.05, 3.63) is 29.6 Å². The van der Waals surface area contributed by atoms with Crippen molar-refractivity contribution in [2.24, 2.45) is 5.92 Å². The fraction of sp³-hybridized carbons (Fsp3) is 0.462. The van der Waals surface area contributed by atoms with Crippen LogP contribution in [0.5, 0.6) is 0 Å². The standard InChI is InChI=1S/C13H17FN2O/c1-2-3-8-7-12(8)16-13(17)9-4-5-10(14)11(15)6-9/h4-6,8,12H,2-3,7,15H2,1H3,(H,16,17). The number of amides is 1. The Kier molecular flexibility index (Phi) is 3.31. The van der Waals surface area contributed by atoms with Crippen LogP contribution >= 0.6 is 0 Å². The van der Waals surface area contributed by atoms with Crippen molar-refractivity contribution < 1.29 is 9.18 Å². The number of carbonyl (C=O) groups is 1. The summed E-state index contributed by atoms with van der Waals surface area (Å²) in [6.45, 7) is 2.14. The number of anilines is 1. The zero-order chi connectivity index (χ0) is 12.4. The molecule has 0 radical (unpaired) electrons. The molecular formula is C13H17FN2O. The molecule has 1 aliphatic rings. The summed E-state index contributed by atoms with van der Waals surface area (Å²) in [6, 6.07) is 4.34. The minimum atomic E-state index is -0.489. The van der Waals surface area contributed by atoms with E-state index in [-0.39, 0.29) is 17.6 Å². The maximum Gasteiger partial charge on any atom is 0.251 e. The van der Waals surface area contributed by atoms with Crippen molar-refractivity contribution in [3.8, 4) is 0 Å². The van der Waals surface area contributed by atoms with Crippen molar-refractivity contribution in [1.82, 2.24) is 5.32 Å². The van der Waals surface area contributed by atoms with E-state index in [0.29, 0.717) is 11.5 Å². The molecule has 17 heavy (non-hydrogen) atoms. The predicted octanol–water partition coefficient (Wildman–Crippen LogP) is 2.33. The summed E-state index contributed by atoms with van der Waals surface area (Å²) >= 11 is 0. The summed E-state index contributed by atoms with van der Waals surface area (Å²) in [7, 11) is 0. The Morgan fingerprint density at radius 3 is 3.00 bits per heavy atom. The topological polar surface area (TPSA) is 55.1 Å². The summed E-state index contributed by atoms with van der Waals surface area (Å²) in [5.41, 5.74) is 5.86. The fourth-order valence-electron chi connectivity index (χ4n) is 2.05. The van der Waals surface area contributed by atoms with Crippen LogP contribution in [-0.2, 0) is 0 Å². The minimum Gasteiger partial charge on any atom is -0.396 e. The van der Waals surface area contributed by atoms with Crippen LogP contribution in [0.3, 0.4) is 0 Å². The van der Waals surface area contributed by atoms with E-state index in [9.17, 15) is 9.18 Å². The van der Waals surface area contributed by atoms with Gasteiger partial charge in [-0.1, -0.05) is 13.3 Å². The second kappa shape index (κ2) is 4.73. The molecule has 0 spiro atoms. The third-order valence-electron chi connectivity index (χ3n) is 3.16. The van der Waals surface area contributed by atoms with E-state index in [2.05, 4.69) is 12.2 Å². The lowest BCUT2D eigenvalue weighted by Gasteiger charge is -2.05. The molecule has 2 atom stereocenters. The van der Waals surface area contributed by atoms with E-state index < -0.39 is 5.82 Å². The largest absolute Gasteiger partial charge is 0.396 e. The summed E-state index contributed by atoms with van der Waals surface area (Å²) in [5, 5.41) is 2.93. The van der Waals surface area contributed by atoms with Crippen molar-refractivity contribution in [1.29, 1.82) is 0 Å². The molecule has 1 fully saturated rings. The first-order chi connectivity index (χ1) is 8.11. The second-order valence-corrected chi connectivity index (χ2v) is 4.60. The lowest BCUT2D eigenvalue weighted by Crippen LogP contribution is -2.26. The van der Waals surface area contributed by atoms with Gasteiger partial charge in [0.05, 0.1) is 5.69 Å². The summed E-state index contributed by atoms with van der Waals surface area (Å²) in [4.78, 5) is 11.8. The van der Waals surface area contributed by atoms with Crippen LogP contribution in [0, 0.1) is 11.7 Å². The van der Waals surface area contributed by atoms with Crippen LogP contribution in [0.4, 0.5) is 10.1 Å². The highest BCUT2D eigenvalue weighted by Crippen LogP contribution is 2.34. The Morgan fingerprint density at radius 1 is 1.59 bits per heavy atom. The molecule has 2 unspecified atom stereocenters. The number of nitrogens with two attached hydrogens (primary N) is 1. The molecule has 0 aliphatic heterocycles. The zero-order valence-electron chi connectivity index (χ0n) is 9.87. The monoisotopic (exact) mass is 236 g/mol. The van der Waals surface area contributed by atoms with Crippen molar-refractivity contribution in [3.63, 3.8) is 0 Å². The Balaban J connectivity index is 1.94. The number of hydrogen-bond acceptors (Lipinski definition) is 2. The molecule has 0 bridgehead atoms. The van der Waals surface area contributed by atoms with Crippen LogP contribution in [0.25, 0.3) is 0 Å². The van der Waals surface area contributed by atoms with Gasteiger partial charge >= 0.3 is 0 Å². The number of nitrogen functional groups attached to an aromatic ring is 1. The smallest absolute Gasteiger partial charge is 0.251 e. The van der Waals surface area contributed by atoms with E-state index in [1.807, 2.05) is 0 Å². The van der Waals surface area contributed by atoms with E-state index >= 15 is 0 Å². The van der Waals surface area contributed by atoms with Gasteiger partial charge in [-0.2, -0.15) is 0 Å². The molecule has 0 aromatic heterocycles. The minimum absolute atomic E-state index is 0.0126. The number of hydrogen-bond donors (Lipinski definition) is 2. The van der Waals surface area contributed by atoms with Crippen molar-refractivity contribution in [2.75, 3.05) is 5.73 Å². The fourth-order valence-corrected chi connectivity index (χ4v) is 2.05. The van der Waals surface area contributed by atoms with Crippen LogP contribution < -0.4 is 11.1 Å². The SMILES string of the molecule is CCCC1CC1NC(=O)c1ccc(F)c(N)c1. The molecule has 1 aliphatic carbocycles. The molecule has 0 saturated heterocycles. The number of carbonyl (C=O) groups excluding carboxylic acids is 1. The van der Waals surface area contributed by atoms with Crippen LogP contribution in [-0.4, -0.2) is 11.9 Å². The number of benzene rings is 1. The Morgan fingerprint density at radius 2 is 2.35 bits per heavy atom. The van der Waals surface area contributed by atoms with Gasteiger partial charge in [0.15, 0.2) is 0 Å². The van der Waals surface area contributed by atoms with Crippen LogP contribution in [0.1, 0.15) is 36.5 Å². The molecular weight excluding hydrogens is 219 g/mol. The summed E-state index contributed by atoms with van der Waals surface area (Å²) < 4.78 is 12.9. The first-order valence-electron chi connectivity index (χ1n) is 5.97. The van der Waals surface area contributed by atoms with Gasteiger partial charge in [0.2, 0.25) is 0 Å². The third kappa shape index (κ3) is 2.75.